The van der Waals surface area contributed by atoms with Crippen LogP contribution in [0.25, 0.3) is 0 Å². The molecule has 5 atom stereocenters. The minimum atomic E-state index is 0.804. The highest BCUT2D eigenvalue weighted by Crippen LogP contribution is 2.62. The number of hydrogen-bond donors (Lipinski definition) is 1. The summed E-state index contributed by atoms with van der Waals surface area (Å²) in [6.07, 6.45) is 7.42. The lowest BCUT2D eigenvalue weighted by Crippen LogP contribution is -2.34. The van der Waals surface area contributed by atoms with Crippen LogP contribution >= 0.6 is 0 Å². The molecule has 1 N–H and O–H groups in total. The molecule has 0 radical (unpaired) electrons. The van der Waals surface area contributed by atoms with Crippen LogP contribution in [-0.4, -0.2) is 12.6 Å². The molecule has 0 aromatic heterocycles. The lowest BCUT2D eigenvalue weighted by Gasteiger charge is -2.19. The maximum atomic E-state index is 3.86. The van der Waals surface area contributed by atoms with E-state index in [0.29, 0.717) is 0 Å². The fourth-order valence-corrected chi connectivity index (χ4v) is 5.08. The van der Waals surface area contributed by atoms with E-state index in [-0.39, 0.29) is 0 Å². The summed E-state index contributed by atoms with van der Waals surface area (Å²) in [4.78, 5) is 0. The second-order valence-corrected chi connectivity index (χ2v) is 7.19. The van der Waals surface area contributed by atoms with E-state index < -0.39 is 0 Å². The number of hydrogen-bond acceptors (Lipinski definition) is 1. The van der Waals surface area contributed by atoms with Gasteiger partial charge >= 0.3 is 0 Å². The number of fused-ring (bicyclic) bond motifs is 1. The Hall–Kier alpha value is -0.820. The smallest absolute Gasteiger partial charge is 0.0135 e. The summed E-state index contributed by atoms with van der Waals surface area (Å²) in [6, 6.07) is 12.0. The molecular formula is C19H27N. The highest BCUT2D eigenvalue weighted by Gasteiger charge is 2.59. The second kappa shape index (κ2) is 5.18. The van der Waals surface area contributed by atoms with Gasteiger partial charge in [-0.25, -0.2) is 0 Å². The van der Waals surface area contributed by atoms with Gasteiger partial charge in [-0.15, -0.1) is 0 Å². The number of rotatable bonds is 5. The van der Waals surface area contributed by atoms with Crippen LogP contribution in [0.3, 0.4) is 0 Å². The first-order chi connectivity index (χ1) is 9.90. The van der Waals surface area contributed by atoms with Crippen LogP contribution in [0.1, 0.15) is 50.5 Å². The fourth-order valence-electron chi connectivity index (χ4n) is 5.08. The zero-order valence-corrected chi connectivity index (χ0v) is 12.6. The molecule has 3 saturated carbocycles. The summed E-state index contributed by atoms with van der Waals surface area (Å²) in [5.74, 6) is 4.90. The van der Waals surface area contributed by atoms with Gasteiger partial charge in [0.15, 0.2) is 0 Å². The molecule has 1 aromatic carbocycles. The Morgan fingerprint density at radius 3 is 2.45 bits per heavy atom. The van der Waals surface area contributed by atoms with Crippen molar-refractivity contribution in [3.63, 3.8) is 0 Å². The van der Waals surface area contributed by atoms with Crippen molar-refractivity contribution in [3.05, 3.63) is 35.9 Å². The van der Waals surface area contributed by atoms with E-state index in [2.05, 4.69) is 42.6 Å². The van der Waals surface area contributed by atoms with E-state index in [1.54, 1.807) is 5.56 Å². The highest BCUT2D eigenvalue weighted by molar-refractivity contribution is 5.28. The Morgan fingerprint density at radius 2 is 1.80 bits per heavy atom. The summed E-state index contributed by atoms with van der Waals surface area (Å²) >= 11 is 0. The number of benzene rings is 1. The average Bonchev–Trinajstić information content (AvgIpc) is 3.40. The predicted octanol–water partition coefficient (Wildman–Crippen LogP) is 4.20. The van der Waals surface area contributed by atoms with Gasteiger partial charge in [0.25, 0.3) is 0 Å². The van der Waals surface area contributed by atoms with Gasteiger partial charge in [0.2, 0.25) is 0 Å². The molecule has 0 heterocycles. The van der Waals surface area contributed by atoms with Crippen molar-refractivity contribution in [1.29, 1.82) is 0 Å². The minimum Gasteiger partial charge on any atom is -0.314 e. The molecule has 3 fully saturated rings. The van der Waals surface area contributed by atoms with Gasteiger partial charge in [-0.2, -0.15) is 0 Å². The molecule has 0 spiro atoms. The van der Waals surface area contributed by atoms with E-state index in [1.807, 2.05) is 0 Å². The normalized spacial score (nSPS) is 40.0. The van der Waals surface area contributed by atoms with Crippen LogP contribution in [-0.2, 0) is 0 Å². The molecular weight excluding hydrogens is 242 g/mol. The predicted molar refractivity (Wildman–Crippen MR) is 83.7 cm³/mol. The van der Waals surface area contributed by atoms with E-state index in [4.69, 9.17) is 0 Å². The summed E-state index contributed by atoms with van der Waals surface area (Å²) < 4.78 is 0. The lowest BCUT2D eigenvalue weighted by molar-refractivity contribution is 0.392. The quantitative estimate of drug-likeness (QED) is 0.844. The molecule has 0 saturated heterocycles. The van der Waals surface area contributed by atoms with E-state index in [1.165, 1.54) is 32.1 Å². The zero-order chi connectivity index (χ0) is 13.5. The maximum Gasteiger partial charge on any atom is 0.0135 e. The summed E-state index contributed by atoms with van der Waals surface area (Å²) in [7, 11) is 0. The van der Waals surface area contributed by atoms with Crippen molar-refractivity contribution < 1.29 is 0 Å². The Balaban J connectivity index is 1.45. The third-order valence-corrected chi connectivity index (χ3v) is 6.11. The molecule has 0 amide bonds. The first kappa shape index (κ1) is 12.9. The second-order valence-electron chi connectivity index (χ2n) is 7.19. The van der Waals surface area contributed by atoms with Gasteiger partial charge in [0, 0.05) is 6.04 Å². The highest BCUT2D eigenvalue weighted by atomic mass is 15.0. The Morgan fingerprint density at radius 1 is 1.10 bits per heavy atom. The first-order valence-corrected chi connectivity index (χ1v) is 8.68. The van der Waals surface area contributed by atoms with Crippen LogP contribution in [0.5, 0.6) is 0 Å². The standard InChI is InChI=1S/C19H27N/c1-2-20-19(18-14-10-6-7-11-15(14)18)17-12-16(17)13-8-4-3-5-9-13/h3-5,8-9,14-20H,2,6-7,10-12H2,1H3. The largest absolute Gasteiger partial charge is 0.314 e. The molecule has 20 heavy (non-hydrogen) atoms. The third kappa shape index (κ3) is 2.20. The lowest BCUT2D eigenvalue weighted by atomic mass is 9.99. The summed E-state index contributed by atoms with van der Waals surface area (Å²) in [6.45, 7) is 3.41. The summed E-state index contributed by atoms with van der Waals surface area (Å²) in [5, 5.41) is 3.86. The van der Waals surface area contributed by atoms with Crippen LogP contribution in [0.15, 0.2) is 30.3 Å². The molecule has 0 bridgehead atoms. The third-order valence-electron chi connectivity index (χ3n) is 6.11. The van der Waals surface area contributed by atoms with Gasteiger partial charge in [-0.05, 0) is 61.0 Å². The van der Waals surface area contributed by atoms with Crippen LogP contribution in [0.2, 0.25) is 0 Å². The van der Waals surface area contributed by atoms with Crippen molar-refractivity contribution in [1.82, 2.24) is 5.32 Å². The van der Waals surface area contributed by atoms with Crippen molar-refractivity contribution >= 4 is 0 Å². The fraction of sp³-hybridized carbons (Fsp3) is 0.684. The number of nitrogens with one attached hydrogen (secondary N) is 1. The maximum absolute atomic E-state index is 3.86. The van der Waals surface area contributed by atoms with Crippen LogP contribution < -0.4 is 5.32 Å². The van der Waals surface area contributed by atoms with Gasteiger partial charge in [0.1, 0.15) is 0 Å². The SMILES string of the molecule is CCNC(C1CC1c1ccccc1)C1C2CCCCC21. The molecule has 1 aromatic rings. The van der Waals surface area contributed by atoms with E-state index in [9.17, 15) is 0 Å². The minimum absolute atomic E-state index is 0.804. The van der Waals surface area contributed by atoms with E-state index in [0.717, 1.165) is 42.2 Å². The van der Waals surface area contributed by atoms with Crippen LogP contribution in [0.4, 0.5) is 0 Å². The summed E-state index contributed by atoms with van der Waals surface area (Å²) in [5.41, 5.74) is 1.57. The molecule has 3 aliphatic carbocycles. The molecule has 5 unspecified atom stereocenters. The molecule has 4 rings (SSSR count). The van der Waals surface area contributed by atoms with Crippen molar-refractivity contribution in [3.8, 4) is 0 Å². The topological polar surface area (TPSA) is 12.0 Å². The van der Waals surface area contributed by atoms with Gasteiger partial charge in [-0.3, -0.25) is 0 Å². The Labute approximate surface area is 123 Å². The van der Waals surface area contributed by atoms with Crippen molar-refractivity contribution in [2.45, 2.75) is 51.0 Å². The molecule has 0 aliphatic heterocycles. The molecule has 3 aliphatic rings. The Bertz CT molecular complexity index is 442. The molecule has 1 nitrogen and oxygen atoms in total. The molecule has 1 heteroatoms. The van der Waals surface area contributed by atoms with E-state index >= 15 is 0 Å². The van der Waals surface area contributed by atoms with Crippen molar-refractivity contribution in [2.75, 3.05) is 6.54 Å². The Kier molecular flexibility index (Phi) is 3.34. The first-order valence-electron chi connectivity index (χ1n) is 8.68. The van der Waals surface area contributed by atoms with Gasteiger partial charge in [0.05, 0.1) is 0 Å². The van der Waals surface area contributed by atoms with Crippen molar-refractivity contribution in [2.24, 2.45) is 23.7 Å². The van der Waals surface area contributed by atoms with Gasteiger partial charge < -0.3 is 5.32 Å². The zero-order valence-electron chi connectivity index (χ0n) is 12.6. The molecule has 108 valence electrons. The van der Waals surface area contributed by atoms with Gasteiger partial charge in [-0.1, -0.05) is 50.1 Å². The monoisotopic (exact) mass is 269 g/mol. The average molecular weight is 269 g/mol. The van der Waals surface area contributed by atoms with Crippen LogP contribution in [0, 0.1) is 23.7 Å².